The molecule has 0 saturated carbocycles. The summed E-state index contributed by atoms with van der Waals surface area (Å²) in [5.41, 5.74) is 5.63. The van der Waals surface area contributed by atoms with Crippen LogP contribution in [0, 0.1) is 6.92 Å². The third-order valence-electron chi connectivity index (χ3n) is 5.08. The van der Waals surface area contributed by atoms with E-state index in [-0.39, 0.29) is 0 Å². The van der Waals surface area contributed by atoms with Crippen LogP contribution in [-0.4, -0.2) is 36.1 Å². The quantitative estimate of drug-likeness (QED) is 0.850. The Balaban J connectivity index is 1.75. The van der Waals surface area contributed by atoms with E-state index in [1.165, 1.54) is 41.4 Å². The molecule has 2 N–H and O–H groups in total. The Morgan fingerprint density at radius 2 is 2.09 bits per heavy atom. The number of aromatic nitrogens is 1. The maximum absolute atomic E-state index is 3.78. The molecule has 1 atom stereocenters. The molecular formula is C19H29N3. The summed E-state index contributed by atoms with van der Waals surface area (Å²) in [6.45, 7) is 11.1. The van der Waals surface area contributed by atoms with Gasteiger partial charge in [0.1, 0.15) is 0 Å². The van der Waals surface area contributed by atoms with Gasteiger partial charge in [-0.1, -0.05) is 25.5 Å². The molecule has 120 valence electrons. The predicted molar refractivity (Wildman–Crippen MR) is 94.5 cm³/mol. The summed E-state index contributed by atoms with van der Waals surface area (Å²) in [5, 5.41) is 5.21. The molecule has 3 heteroatoms. The molecule has 1 heterocycles. The van der Waals surface area contributed by atoms with Gasteiger partial charge in [-0.05, 0) is 57.0 Å². The van der Waals surface area contributed by atoms with Crippen molar-refractivity contribution in [3.05, 3.63) is 35.0 Å². The zero-order chi connectivity index (χ0) is 15.5. The third kappa shape index (κ3) is 3.06. The minimum Gasteiger partial charge on any atom is -0.357 e. The first-order valence-corrected chi connectivity index (χ1v) is 8.79. The molecule has 0 aliphatic heterocycles. The van der Waals surface area contributed by atoms with Crippen LogP contribution < -0.4 is 5.32 Å². The van der Waals surface area contributed by atoms with Crippen LogP contribution in [0.1, 0.15) is 49.6 Å². The average molecular weight is 299 g/mol. The fourth-order valence-electron chi connectivity index (χ4n) is 3.72. The van der Waals surface area contributed by atoms with Crippen LogP contribution in [0.15, 0.2) is 18.2 Å². The molecule has 0 saturated heterocycles. The summed E-state index contributed by atoms with van der Waals surface area (Å²) in [5.74, 6) is 0. The number of aromatic amines is 1. The number of hydrogen-bond donors (Lipinski definition) is 2. The molecule has 22 heavy (non-hydrogen) atoms. The van der Waals surface area contributed by atoms with E-state index in [0.717, 1.165) is 26.2 Å². The molecule has 0 fully saturated rings. The second kappa shape index (κ2) is 6.84. The van der Waals surface area contributed by atoms with E-state index >= 15 is 0 Å². The number of nitrogens with one attached hydrogen (secondary N) is 2. The maximum Gasteiger partial charge on any atom is 0.0476 e. The van der Waals surface area contributed by atoms with Crippen molar-refractivity contribution in [2.75, 3.05) is 26.2 Å². The highest BCUT2D eigenvalue weighted by molar-refractivity contribution is 5.85. The number of H-pyrrole nitrogens is 1. The molecule has 3 rings (SSSR count). The SMILES string of the molecule is CCN(CC)CCN[C@H]1CCCc2c1[nH]c1ccc(C)cc21. The van der Waals surface area contributed by atoms with E-state index in [4.69, 9.17) is 0 Å². The van der Waals surface area contributed by atoms with Crippen LogP contribution in [0.2, 0.25) is 0 Å². The Labute approximate surface area is 134 Å². The lowest BCUT2D eigenvalue weighted by Gasteiger charge is -2.26. The van der Waals surface area contributed by atoms with Crippen LogP contribution in [-0.2, 0) is 6.42 Å². The summed E-state index contributed by atoms with van der Waals surface area (Å²) in [4.78, 5) is 6.16. The number of benzene rings is 1. The van der Waals surface area contributed by atoms with Crippen LogP contribution in [0.4, 0.5) is 0 Å². The predicted octanol–water partition coefficient (Wildman–Crippen LogP) is 3.79. The lowest BCUT2D eigenvalue weighted by molar-refractivity contribution is 0.292. The fourth-order valence-corrected chi connectivity index (χ4v) is 3.72. The van der Waals surface area contributed by atoms with Gasteiger partial charge in [-0.2, -0.15) is 0 Å². The van der Waals surface area contributed by atoms with Crippen molar-refractivity contribution < 1.29 is 0 Å². The Kier molecular flexibility index (Phi) is 4.84. The van der Waals surface area contributed by atoms with Gasteiger partial charge in [0.2, 0.25) is 0 Å². The normalized spacial score (nSPS) is 18.1. The maximum atomic E-state index is 3.78. The third-order valence-corrected chi connectivity index (χ3v) is 5.08. The molecule has 1 aliphatic rings. The highest BCUT2D eigenvalue weighted by Crippen LogP contribution is 2.34. The Morgan fingerprint density at radius 3 is 2.86 bits per heavy atom. The van der Waals surface area contributed by atoms with Gasteiger partial charge in [-0.25, -0.2) is 0 Å². The smallest absolute Gasteiger partial charge is 0.0476 e. The van der Waals surface area contributed by atoms with Gasteiger partial charge in [0, 0.05) is 35.7 Å². The minimum absolute atomic E-state index is 0.493. The van der Waals surface area contributed by atoms with Gasteiger partial charge in [-0.15, -0.1) is 0 Å². The second-order valence-corrected chi connectivity index (χ2v) is 6.49. The van der Waals surface area contributed by atoms with Crippen LogP contribution in [0.3, 0.4) is 0 Å². The molecule has 2 aromatic rings. The number of likely N-dealkylation sites (N-methyl/N-ethyl adjacent to an activating group) is 1. The van der Waals surface area contributed by atoms with E-state index < -0.39 is 0 Å². The highest BCUT2D eigenvalue weighted by atomic mass is 15.1. The number of nitrogens with zero attached hydrogens (tertiary/aromatic N) is 1. The zero-order valence-electron chi connectivity index (χ0n) is 14.2. The van der Waals surface area contributed by atoms with E-state index in [1.54, 1.807) is 5.56 Å². The van der Waals surface area contributed by atoms with Gasteiger partial charge in [0.15, 0.2) is 0 Å². The summed E-state index contributed by atoms with van der Waals surface area (Å²) in [7, 11) is 0. The topological polar surface area (TPSA) is 31.1 Å². The lowest BCUT2D eigenvalue weighted by Crippen LogP contribution is -2.34. The monoisotopic (exact) mass is 299 g/mol. The van der Waals surface area contributed by atoms with Gasteiger partial charge >= 0.3 is 0 Å². The molecule has 0 bridgehead atoms. The first-order chi connectivity index (χ1) is 10.7. The van der Waals surface area contributed by atoms with Crippen LogP contribution in [0.5, 0.6) is 0 Å². The van der Waals surface area contributed by atoms with E-state index in [0.29, 0.717) is 6.04 Å². The van der Waals surface area contributed by atoms with Crippen molar-refractivity contribution in [3.63, 3.8) is 0 Å². The second-order valence-electron chi connectivity index (χ2n) is 6.49. The first kappa shape index (κ1) is 15.6. The molecule has 1 aliphatic carbocycles. The number of rotatable bonds is 6. The van der Waals surface area contributed by atoms with Crippen LogP contribution >= 0.6 is 0 Å². The summed E-state index contributed by atoms with van der Waals surface area (Å²) >= 11 is 0. The van der Waals surface area contributed by atoms with E-state index in [9.17, 15) is 0 Å². The van der Waals surface area contributed by atoms with Gasteiger partial charge < -0.3 is 15.2 Å². The van der Waals surface area contributed by atoms with E-state index in [1.807, 2.05) is 0 Å². The Morgan fingerprint density at radius 1 is 1.27 bits per heavy atom. The summed E-state index contributed by atoms with van der Waals surface area (Å²) in [6, 6.07) is 7.26. The lowest BCUT2D eigenvalue weighted by atomic mass is 9.91. The van der Waals surface area contributed by atoms with Crippen LogP contribution in [0.25, 0.3) is 10.9 Å². The summed E-state index contributed by atoms with van der Waals surface area (Å²) < 4.78 is 0. The zero-order valence-corrected chi connectivity index (χ0v) is 14.2. The standard InChI is InChI=1S/C19H29N3/c1-4-22(5-2)12-11-20-18-8-6-7-15-16-13-14(3)9-10-17(16)21-19(15)18/h9-10,13,18,20-21H,4-8,11-12H2,1-3H3/t18-/m0/s1. The molecule has 1 aromatic heterocycles. The van der Waals surface area contributed by atoms with Gasteiger partial charge in [-0.3, -0.25) is 0 Å². The molecular weight excluding hydrogens is 270 g/mol. The Bertz CT molecular complexity index is 625. The molecule has 0 spiro atoms. The molecule has 0 radical (unpaired) electrons. The van der Waals surface area contributed by atoms with Crippen molar-refractivity contribution in [2.45, 2.75) is 46.1 Å². The molecule has 0 amide bonds. The number of fused-ring (bicyclic) bond motifs is 3. The van der Waals surface area contributed by atoms with E-state index in [2.05, 4.69) is 54.2 Å². The largest absolute Gasteiger partial charge is 0.357 e. The van der Waals surface area contributed by atoms with Crippen molar-refractivity contribution in [1.82, 2.24) is 15.2 Å². The summed E-state index contributed by atoms with van der Waals surface area (Å²) in [6.07, 6.45) is 3.75. The molecule has 1 aromatic carbocycles. The van der Waals surface area contributed by atoms with Crippen molar-refractivity contribution in [3.8, 4) is 0 Å². The number of aryl methyl sites for hydroxylation is 2. The van der Waals surface area contributed by atoms with Crippen molar-refractivity contribution in [1.29, 1.82) is 0 Å². The van der Waals surface area contributed by atoms with Gasteiger partial charge in [0.25, 0.3) is 0 Å². The average Bonchev–Trinajstić information content (AvgIpc) is 2.90. The fraction of sp³-hybridized carbons (Fsp3) is 0.579. The number of hydrogen-bond acceptors (Lipinski definition) is 2. The van der Waals surface area contributed by atoms with Crippen molar-refractivity contribution >= 4 is 10.9 Å². The molecule has 3 nitrogen and oxygen atoms in total. The Hall–Kier alpha value is -1.32. The first-order valence-electron chi connectivity index (χ1n) is 8.79. The van der Waals surface area contributed by atoms with Gasteiger partial charge in [0.05, 0.1) is 0 Å². The molecule has 0 unspecified atom stereocenters. The highest BCUT2D eigenvalue weighted by Gasteiger charge is 2.23. The minimum atomic E-state index is 0.493. The van der Waals surface area contributed by atoms with Crippen molar-refractivity contribution in [2.24, 2.45) is 0 Å².